The van der Waals surface area contributed by atoms with Crippen LogP contribution in [-0.2, 0) is 0 Å². The van der Waals surface area contributed by atoms with Crippen LogP contribution in [0, 0.1) is 0 Å². The van der Waals surface area contributed by atoms with Crippen LogP contribution in [0.15, 0.2) is 42.5 Å². The van der Waals surface area contributed by atoms with E-state index in [2.05, 4.69) is 25.7 Å². The van der Waals surface area contributed by atoms with Crippen molar-refractivity contribution in [3.05, 3.63) is 59.2 Å². The molecule has 5 nitrogen and oxygen atoms in total. The molecule has 138 valence electrons. The van der Waals surface area contributed by atoms with E-state index in [9.17, 15) is 19.8 Å². The van der Waals surface area contributed by atoms with Crippen molar-refractivity contribution in [1.82, 2.24) is 0 Å². The molecule has 1 atom stereocenters. The fraction of sp³-hybridized carbons (Fsp3) is 0.333. The highest BCUT2D eigenvalue weighted by molar-refractivity contribution is 6.15. The Balaban J connectivity index is 2.41. The van der Waals surface area contributed by atoms with Crippen molar-refractivity contribution in [1.29, 1.82) is 0 Å². The van der Waals surface area contributed by atoms with Crippen LogP contribution in [0.2, 0.25) is 0 Å². The molecule has 0 bridgehead atoms. The molecule has 0 spiro atoms. The van der Waals surface area contributed by atoms with Crippen molar-refractivity contribution < 1.29 is 19.8 Å². The zero-order valence-corrected chi connectivity index (χ0v) is 15.4. The number of phenols is 1. The van der Waals surface area contributed by atoms with Crippen molar-refractivity contribution in [2.75, 3.05) is 11.4 Å². The lowest BCUT2D eigenvalue weighted by atomic mass is 9.97. The summed E-state index contributed by atoms with van der Waals surface area (Å²) < 4.78 is 0. The summed E-state index contributed by atoms with van der Waals surface area (Å²) in [6, 6.07) is 11.3. The van der Waals surface area contributed by atoms with E-state index in [-0.39, 0.29) is 22.4 Å². The third kappa shape index (κ3) is 4.04. The number of carbonyl (C=O) groups is 2. The molecular formula is C21H25NO4. The second-order valence-corrected chi connectivity index (χ2v) is 6.33. The van der Waals surface area contributed by atoms with E-state index >= 15 is 0 Å². The topological polar surface area (TPSA) is 77.8 Å². The molecule has 2 N–H and O–H groups in total. The number of ketones is 1. The Bertz CT molecular complexity index is 800. The molecule has 0 aromatic heterocycles. The number of carboxylic acids is 1. The lowest BCUT2D eigenvalue weighted by molar-refractivity contribution is 0.0692. The van der Waals surface area contributed by atoms with Crippen LogP contribution in [0.1, 0.15) is 59.9 Å². The monoisotopic (exact) mass is 355 g/mol. The van der Waals surface area contributed by atoms with Gasteiger partial charge >= 0.3 is 5.97 Å². The highest BCUT2D eigenvalue weighted by atomic mass is 16.4. The standard InChI is InChI=1S/C21H25NO4/c1-4-12-22(14(3)5-2)15-10-11-18(19(23)13-15)20(24)16-8-6-7-9-17(16)21(25)26/h6-11,13-14,23H,4-5,12H2,1-3H3,(H,25,26). The third-order valence-electron chi connectivity index (χ3n) is 4.55. The number of benzene rings is 2. The van der Waals surface area contributed by atoms with Crippen molar-refractivity contribution in [3.63, 3.8) is 0 Å². The van der Waals surface area contributed by atoms with Gasteiger partial charge in [-0.15, -0.1) is 0 Å². The maximum Gasteiger partial charge on any atom is 0.336 e. The summed E-state index contributed by atoms with van der Waals surface area (Å²) in [6.07, 6.45) is 1.94. The molecule has 2 aromatic carbocycles. The first-order valence-corrected chi connectivity index (χ1v) is 8.87. The maximum atomic E-state index is 12.8. The van der Waals surface area contributed by atoms with Crippen LogP contribution in [0.5, 0.6) is 5.75 Å². The Hall–Kier alpha value is -2.82. The number of carbonyl (C=O) groups excluding carboxylic acids is 1. The average Bonchev–Trinajstić information content (AvgIpc) is 2.64. The number of carboxylic acid groups (broad SMARTS) is 1. The summed E-state index contributed by atoms with van der Waals surface area (Å²) in [4.78, 5) is 26.3. The minimum Gasteiger partial charge on any atom is -0.507 e. The first kappa shape index (κ1) is 19.5. The van der Waals surface area contributed by atoms with Gasteiger partial charge < -0.3 is 15.1 Å². The van der Waals surface area contributed by atoms with Gasteiger partial charge in [-0.3, -0.25) is 4.79 Å². The van der Waals surface area contributed by atoms with E-state index in [1.807, 2.05) is 0 Å². The normalized spacial score (nSPS) is 11.8. The molecule has 0 aliphatic rings. The van der Waals surface area contributed by atoms with Crippen LogP contribution in [0.4, 0.5) is 5.69 Å². The predicted molar refractivity (Wildman–Crippen MR) is 102 cm³/mol. The smallest absolute Gasteiger partial charge is 0.336 e. The average molecular weight is 355 g/mol. The van der Waals surface area contributed by atoms with E-state index in [1.54, 1.807) is 30.3 Å². The van der Waals surface area contributed by atoms with E-state index in [0.717, 1.165) is 25.1 Å². The van der Waals surface area contributed by atoms with Gasteiger partial charge in [-0.05, 0) is 38.0 Å². The molecule has 1 unspecified atom stereocenters. The Morgan fingerprint density at radius 2 is 1.69 bits per heavy atom. The van der Waals surface area contributed by atoms with Crippen molar-refractivity contribution in [3.8, 4) is 5.75 Å². The third-order valence-corrected chi connectivity index (χ3v) is 4.55. The van der Waals surface area contributed by atoms with Gasteiger partial charge in [-0.1, -0.05) is 32.0 Å². The maximum absolute atomic E-state index is 12.8. The summed E-state index contributed by atoms with van der Waals surface area (Å²) in [5.74, 6) is -1.81. The Kier molecular flexibility index (Phi) is 6.39. The fourth-order valence-electron chi connectivity index (χ4n) is 2.97. The number of anilines is 1. The lowest BCUT2D eigenvalue weighted by Gasteiger charge is -2.30. The van der Waals surface area contributed by atoms with Gasteiger partial charge in [0.2, 0.25) is 0 Å². The Morgan fingerprint density at radius 1 is 1.04 bits per heavy atom. The number of hydrogen-bond acceptors (Lipinski definition) is 4. The van der Waals surface area contributed by atoms with Crippen LogP contribution in [0.3, 0.4) is 0 Å². The van der Waals surface area contributed by atoms with Crippen molar-refractivity contribution in [2.24, 2.45) is 0 Å². The molecule has 0 heterocycles. The molecule has 2 rings (SSSR count). The molecule has 0 amide bonds. The largest absolute Gasteiger partial charge is 0.507 e. The summed E-state index contributed by atoms with van der Waals surface area (Å²) >= 11 is 0. The van der Waals surface area contributed by atoms with Crippen LogP contribution in [0.25, 0.3) is 0 Å². The van der Waals surface area contributed by atoms with Crippen molar-refractivity contribution >= 4 is 17.4 Å². The SMILES string of the molecule is CCCN(c1ccc(C(=O)c2ccccc2C(=O)O)c(O)c1)C(C)CC. The van der Waals surface area contributed by atoms with E-state index in [1.165, 1.54) is 12.1 Å². The number of phenolic OH excluding ortho intramolecular Hbond substituents is 1. The van der Waals surface area contributed by atoms with Gasteiger partial charge in [0, 0.05) is 29.9 Å². The second-order valence-electron chi connectivity index (χ2n) is 6.33. The minimum atomic E-state index is -1.17. The molecule has 0 saturated heterocycles. The number of aromatic carboxylic acids is 1. The number of hydrogen-bond donors (Lipinski definition) is 2. The Morgan fingerprint density at radius 3 is 2.23 bits per heavy atom. The van der Waals surface area contributed by atoms with Gasteiger partial charge in [0.1, 0.15) is 5.75 Å². The quantitative estimate of drug-likeness (QED) is 0.689. The summed E-state index contributed by atoms with van der Waals surface area (Å²) in [5.41, 5.74) is 0.938. The predicted octanol–water partition coefficient (Wildman–Crippen LogP) is 4.34. The molecule has 0 radical (unpaired) electrons. The van der Waals surface area contributed by atoms with Crippen LogP contribution in [-0.4, -0.2) is 34.6 Å². The second kappa shape index (κ2) is 8.52. The zero-order valence-electron chi connectivity index (χ0n) is 15.4. The summed E-state index contributed by atoms with van der Waals surface area (Å²) in [6.45, 7) is 7.17. The van der Waals surface area contributed by atoms with Crippen LogP contribution < -0.4 is 4.90 Å². The number of nitrogens with zero attached hydrogens (tertiary/aromatic N) is 1. The van der Waals surface area contributed by atoms with Crippen molar-refractivity contribution in [2.45, 2.75) is 39.7 Å². The molecule has 0 aliphatic carbocycles. The fourth-order valence-corrected chi connectivity index (χ4v) is 2.97. The molecule has 5 heteroatoms. The minimum absolute atomic E-state index is 0.0652. The first-order valence-electron chi connectivity index (χ1n) is 8.87. The van der Waals surface area contributed by atoms with E-state index < -0.39 is 11.8 Å². The molecule has 0 fully saturated rings. The zero-order chi connectivity index (χ0) is 19.3. The summed E-state index contributed by atoms with van der Waals surface area (Å²) in [7, 11) is 0. The van der Waals surface area contributed by atoms with Gasteiger partial charge in [-0.2, -0.15) is 0 Å². The number of rotatable bonds is 8. The molecule has 0 saturated carbocycles. The van der Waals surface area contributed by atoms with Gasteiger partial charge in [0.25, 0.3) is 0 Å². The lowest BCUT2D eigenvalue weighted by Crippen LogP contribution is -2.33. The molecular weight excluding hydrogens is 330 g/mol. The van der Waals surface area contributed by atoms with Gasteiger partial charge in [0.15, 0.2) is 5.78 Å². The first-order chi connectivity index (χ1) is 12.4. The summed E-state index contributed by atoms with van der Waals surface area (Å²) in [5, 5.41) is 19.7. The molecule has 2 aromatic rings. The number of aromatic hydroxyl groups is 1. The van der Waals surface area contributed by atoms with Gasteiger partial charge in [-0.25, -0.2) is 4.79 Å². The molecule has 26 heavy (non-hydrogen) atoms. The van der Waals surface area contributed by atoms with Gasteiger partial charge in [0.05, 0.1) is 11.1 Å². The Labute approximate surface area is 153 Å². The van der Waals surface area contributed by atoms with E-state index in [4.69, 9.17) is 0 Å². The highest BCUT2D eigenvalue weighted by Crippen LogP contribution is 2.29. The highest BCUT2D eigenvalue weighted by Gasteiger charge is 2.21. The van der Waals surface area contributed by atoms with Crippen LogP contribution >= 0.6 is 0 Å². The molecule has 0 aliphatic heterocycles. The van der Waals surface area contributed by atoms with E-state index in [0.29, 0.717) is 6.04 Å².